The molecule has 1 N–H and O–H groups in total. The van der Waals surface area contributed by atoms with Crippen LogP contribution in [0.5, 0.6) is 0 Å². The Labute approximate surface area is 71.5 Å². The average Bonchev–Trinajstić information content (AvgIpc) is 2.03. The van der Waals surface area contributed by atoms with Gasteiger partial charge >= 0.3 is 0 Å². The fourth-order valence-electron chi connectivity index (χ4n) is 1.02. The van der Waals surface area contributed by atoms with Crippen molar-refractivity contribution in [3.63, 3.8) is 0 Å². The van der Waals surface area contributed by atoms with Crippen LogP contribution in [0.4, 0.5) is 0 Å². The van der Waals surface area contributed by atoms with Gasteiger partial charge in [-0.2, -0.15) is 0 Å². The fourth-order valence-corrected chi connectivity index (χ4v) is 1.31. The quantitative estimate of drug-likeness (QED) is 0.434. The lowest BCUT2D eigenvalue weighted by Crippen LogP contribution is -2.28. The largest absolute Gasteiger partial charge is 0.384 e. The molecular weight excluding hydrogens is 164 g/mol. The monoisotopic (exact) mass is 174 g/mol. The molecule has 1 aliphatic rings. The summed E-state index contributed by atoms with van der Waals surface area (Å²) in [4.78, 5) is 0. The smallest absolute Gasteiger partial charge is 0.134 e. The van der Waals surface area contributed by atoms with Crippen molar-refractivity contribution in [3.05, 3.63) is 0 Å². The Morgan fingerprint density at radius 2 is 2.45 bits per heavy atom. The number of hydrogen-bond donors (Lipinski definition) is 1. The van der Waals surface area contributed by atoms with Gasteiger partial charge in [-0.15, -0.1) is 11.6 Å². The van der Waals surface area contributed by atoms with E-state index in [1.807, 2.05) is 0 Å². The zero-order valence-corrected chi connectivity index (χ0v) is 6.97. The van der Waals surface area contributed by atoms with Gasteiger partial charge in [-0.1, -0.05) is 11.8 Å². The molecule has 0 saturated carbocycles. The zero-order valence-electron chi connectivity index (χ0n) is 6.22. The lowest BCUT2D eigenvalue weighted by molar-refractivity contribution is 0.0556. The summed E-state index contributed by atoms with van der Waals surface area (Å²) in [5.41, 5.74) is 0. The Morgan fingerprint density at radius 3 is 3.09 bits per heavy atom. The molecule has 62 valence electrons. The molecule has 2 nitrogen and oxygen atoms in total. The van der Waals surface area contributed by atoms with Crippen molar-refractivity contribution in [2.24, 2.45) is 0 Å². The second kappa shape index (κ2) is 4.61. The molecule has 0 spiro atoms. The van der Waals surface area contributed by atoms with Crippen LogP contribution < -0.4 is 0 Å². The van der Waals surface area contributed by atoms with E-state index >= 15 is 0 Å². The molecule has 1 aliphatic heterocycles. The highest BCUT2D eigenvalue weighted by Gasteiger charge is 2.21. The average molecular weight is 175 g/mol. The van der Waals surface area contributed by atoms with Crippen LogP contribution in [0.15, 0.2) is 0 Å². The maximum Gasteiger partial charge on any atom is 0.134 e. The molecule has 2 atom stereocenters. The van der Waals surface area contributed by atoms with Gasteiger partial charge in [0.1, 0.15) is 12.7 Å². The van der Waals surface area contributed by atoms with E-state index in [0.29, 0.717) is 0 Å². The summed E-state index contributed by atoms with van der Waals surface area (Å²) in [5.74, 6) is 5.31. The van der Waals surface area contributed by atoms with Crippen LogP contribution in [0.3, 0.4) is 0 Å². The van der Waals surface area contributed by atoms with Gasteiger partial charge in [0.25, 0.3) is 0 Å². The van der Waals surface area contributed by atoms with Crippen LogP contribution in [0, 0.1) is 11.8 Å². The predicted octanol–water partition coefficient (Wildman–Crippen LogP) is 0.768. The molecule has 0 aromatic rings. The first kappa shape index (κ1) is 8.86. The minimum absolute atomic E-state index is 0.0113. The van der Waals surface area contributed by atoms with E-state index in [2.05, 4.69) is 11.8 Å². The summed E-state index contributed by atoms with van der Waals surface area (Å²) in [6.45, 7) is 0.609. The van der Waals surface area contributed by atoms with Gasteiger partial charge in [0.15, 0.2) is 0 Å². The summed E-state index contributed by atoms with van der Waals surface area (Å²) in [6.07, 6.45) is 1.77. The predicted molar refractivity (Wildman–Crippen MR) is 43.5 cm³/mol. The van der Waals surface area contributed by atoms with Crippen LogP contribution in [0.1, 0.15) is 12.8 Å². The van der Waals surface area contributed by atoms with Gasteiger partial charge in [0.2, 0.25) is 0 Å². The molecule has 2 unspecified atom stereocenters. The highest BCUT2D eigenvalue weighted by molar-refractivity contribution is 6.21. The first-order chi connectivity index (χ1) is 5.34. The molecule has 1 fully saturated rings. The number of halogens is 1. The third kappa shape index (κ3) is 2.70. The second-order valence-electron chi connectivity index (χ2n) is 2.43. The molecule has 0 radical (unpaired) electrons. The van der Waals surface area contributed by atoms with E-state index in [-0.39, 0.29) is 18.1 Å². The zero-order chi connectivity index (χ0) is 8.10. The Kier molecular flexibility index (Phi) is 3.71. The maximum absolute atomic E-state index is 8.41. The summed E-state index contributed by atoms with van der Waals surface area (Å²) >= 11 is 5.91. The summed E-state index contributed by atoms with van der Waals surface area (Å²) in [7, 11) is 0. The topological polar surface area (TPSA) is 29.5 Å². The van der Waals surface area contributed by atoms with Gasteiger partial charge in [0.05, 0.1) is 5.38 Å². The lowest BCUT2D eigenvalue weighted by atomic mass is 10.1. The minimum Gasteiger partial charge on any atom is -0.384 e. The molecule has 1 heterocycles. The van der Waals surface area contributed by atoms with Gasteiger partial charge < -0.3 is 9.84 Å². The van der Waals surface area contributed by atoms with E-state index in [0.717, 1.165) is 19.4 Å². The van der Waals surface area contributed by atoms with Crippen molar-refractivity contribution in [1.82, 2.24) is 0 Å². The Balaban J connectivity index is 2.41. The number of ether oxygens (including phenoxy) is 1. The first-order valence-corrected chi connectivity index (χ1v) is 4.13. The van der Waals surface area contributed by atoms with Crippen molar-refractivity contribution < 1.29 is 9.84 Å². The highest BCUT2D eigenvalue weighted by atomic mass is 35.5. The standard InChI is InChI=1S/C8H11ClO2/c9-7-3-2-6-11-8(7)4-1-5-10/h7-8,10H,2-3,5-6H2. The van der Waals surface area contributed by atoms with Crippen molar-refractivity contribution in [3.8, 4) is 11.8 Å². The second-order valence-corrected chi connectivity index (χ2v) is 2.99. The van der Waals surface area contributed by atoms with Crippen LogP contribution in [-0.2, 0) is 4.74 Å². The molecule has 0 amide bonds. The van der Waals surface area contributed by atoms with Crippen LogP contribution in [0.25, 0.3) is 0 Å². The summed E-state index contributed by atoms with van der Waals surface area (Å²) in [5, 5.41) is 8.40. The Hall–Kier alpha value is -0.230. The lowest BCUT2D eigenvalue weighted by Gasteiger charge is -2.22. The summed E-state index contributed by atoms with van der Waals surface area (Å²) in [6, 6.07) is 0. The Bertz CT molecular complexity index is 171. The maximum atomic E-state index is 8.41. The van der Waals surface area contributed by atoms with Crippen LogP contribution >= 0.6 is 11.6 Å². The molecule has 0 aromatic carbocycles. The van der Waals surface area contributed by atoms with Crippen molar-refractivity contribution in [1.29, 1.82) is 0 Å². The van der Waals surface area contributed by atoms with E-state index in [1.54, 1.807) is 0 Å². The molecule has 0 bridgehead atoms. The first-order valence-electron chi connectivity index (χ1n) is 3.69. The minimum atomic E-state index is -0.183. The van der Waals surface area contributed by atoms with Crippen LogP contribution in [0.2, 0.25) is 0 Å². The fraction of sp³-hybridized carbons (Fsp3) is 0.750. The van der Waals surface area contributed by atoms with Gasteiger partial charge in [0, 0.05) is 6.61 Å². The summed E-state index contributed by atoms with van der Waals surface area (Å²) < 4.78 is 5.28. The Morgan fingerprint density at radius 1 is 1.64 bits per heavy atom. The van der Waals surface area contributed by atoms with E-state index in [4.69, 9.17) is 21.4 Å². The number of rotatable bonds is 0. The normalized spacial score (nSPS) is 30.7. The molecular formula is C8H11ClO2. The van der Waals surface area contributed by atoms with E-state index in [1.165, 1.54) is 0 Å². The molecule has 1 saturated heterocycles. The molecule has 3 heteroatoms. The molecule has 0 aliphatic carbocycles. The van der Waals surface area contributed by atoms with Gasteiger partial charge in [-0.25, -0.2) is 0 Å². The number of alkyl halides is 1. The number of aliphatic hydroxyl groups excluding tert-OH is 1. The number of hydrogen-bond acceptors (Lipinski definition) is 2. The third-order valence-electron chi connectivity index (χ3n) is 1.57. The molecule has 11 heavy (non-hydrogen) atoms. The van der Waals surface area contributed by atoms with Crippen LogP contribution in [-0.4, -0.2) is 29.8 Å². The van der Waals surface area contributed by atoms with Gasteiger partial charge in [-0.3, -0.25) is 0 Å². The highest BCUT2D eigenvalue weighted by Crippen LogP contribution is 2.18. The van der Waals surface area contributed by atoms with E-state index in [9.17, 15) is 0 Å². The van der Waals surface area contributed by atoms with E-state index < -0.39 is 0 Å². The SMILES string of the molecule is OCC#CC1OCCCC1Cl. The molecule has 0 aromatic heterocycles. The number of aliphatic hydroxyl groups is 1. The van der Waals surface area contributed by atoms with Crippen molar-refractivity contribution >= 4 is 11.6 Å². The third-order valence-corrected chi connectivity index (χ3v) is 2.02. The molecule has 1 rings (SSSR count). The van der Waals surface area contributed by atoms with Gasteiger partial charge in [-0.05, 0) is 12.8 Å². The van der Waals surface area contributed by atoms with Crippen molar-refractivity contribution in [2.75, 3.05) is 13.2 Å². The van der Waals surface area contributed by atoms with Crippen molar-refractivity contribution in [2.45, 2.75) is 24.3 Å².